The Morgan fingerprint density at radius 2 is 2.05 bits per heavy atom. The summed E-state index contributed by atoms with van der Waals surface area (Å²) < 4.78 is 0. The molecule has 0 aliphatic carbocycles. The summed E-state index contributed by atoms with van der Waals surface area (Å²) in [5.41, 5.74) is 7.64. The summed E-state index contributed by atoms with van der Waals surface area (Å²) in [7, 11) is 0. The van der Waals surface area contributed by atoms with Crippen LogP contribution in [-0.2, 0) is 0 Å². The van der Waals surface area contributed by atoms with E-state index in [4.69, 9.17) is 5.73 Å². The maximum atomic E-state index is 9.22. The van der Waals surface area contributed by atoms with Crippen molar-refractivity contribution < 1.29 is 0 Å². The molecule has 20 heavy (non-hydrogen) atoms. The van der Waals surface area contributed by atoms with Gasteiger partial charge in [0.05, 0.1) is 11.2 Å². The van der Waals surface area contributed by atoms with Gasteiger partial charge in [0, 0.05) is 18.0 Å². The summed E-state index contributed by atoms with van der Waals surface area (Å²) in [4.78, 5) is 0. The topological polar surface area (TPSA) is 87.6 Å². The van der Waals surface area contributed by atoms with Gasteiger partial charge in [0.2, 0.25) is 0 Å². The molecule has 0 saturated carbocycles. The Bertz CT molecular complexity index is 630. The SMILES string of the molecule is CC(C)CC(CN)Nc1c(C#N)nnc2ccccc12. The van der Waals surface area contributed by atoms with Crippen molar-refractivity contribution in [2.75, 3.05) is 11.9 Å². The molecular weight excluding hydrogens is 250 g/mol. The predicted molar refractivity (Wildman–Crippen MR) is 80.2 cm³/mol. The third-order valence-electron chi connectivity index (χ3n) is 3.16. The number of nitrogens with zero attached hydrogens (tertiary/aromatic N) is 3. The summed E-state index contributed by atoms with van der Waals surface area (Å²) in [6.45, 7) is 4.82. The minimum absolute atomic E-state index is 0.120. The van der Waals surface area contributed by atoms with Crippen LogP contribution in [0.1, 0.15) is 26.0 Å². The molecule has 0 spiro atoms. The number of hydrogen-bond acceptors (Lipinski definition) is 5. The Morgan fingerprint density at radius 3 is 2.70 bits per heavy atom. The average molecular weight is 269 g/mol. The van der Waals surface area contributed by atoms with Crippen LogP contribution in [0.5, 0.6) is 0 Å². The normalized spacial score (nSPS) is 12.3. The summed E-state index contributed by atoms with van der Waals surface area (Å²) in [6, 6.07) is 9.87. The molecule has 1 aromatic heterocycles. The van der Waals surface area contributed by atoms with Gasteiger partial charge in [0.1, 0.15) is 6.07 Å². The number of aromatic nitrogens is 2. The predicted octanol–water partition coefficient (Wildman–Crippen LogP) is 2.29. The van der Waals surface area contributed by atoms with Crippen molar-refractivity contribution in [3.63, 3.8) is 0 Å². The molecule has 1 aromatic carbocycles. The van der Waals surface area contributed by atoms with Gasteiger partial charge >= 0.3 is 0 Å². The van der Waals surface area contributed by atoms with E-state index in [0.717, 1.165) is 23.0 Å². The molecule has 1 unspecified atom stereocenters. The standard InChI is InChI=1S/C15H19N5/c1-10(2)7-11(8-16)18-15-12-5-3-4-6-13(12)19-20-14(15)9-17/h3-6,10-11H,7-8,16H2,1-2H3,(H,18,19). The van der Waals surface area contributed by atoms with Gasteiger partial charge in [-0.1, -0.05) is 32.0 Å². The van der Waals surface area contributed by atoms with Crippen molar-refractivity contribution in [3.8, 4) is 6.07 Å². The van der Waals surface area contributed by atoms with Gasteiger partial charge in [-0.15, -0.1) is 10.2 Å². The Balaban J connectivity index is 2.43. The first-order chi connectivity index (χ1) is 9.65. The van der Waals surface area contributed by atoms with Crippen LogP contribution >= 0.6 is 0 Å². The van der Waals surface area contributed by atoms with Gasteiger partial charge in [0.15, 0.2) is 5.69 Å². The monoisotopic (exact) mass is 269 g/mol. The first kappa shape index (κ1) is 14.2. The lowest BCUT2D eigenvalue weighted by atomic mass is 10.0. The molecule has 0 bridgehead atoms. The Kier molecular flexibility index (Phi) is 4.49. The van der Waals surface area contributed by atoms with Crippen molar-refractivity contribution >= 4 is 16.6 Å². The second kappa shape index (κ2) is 6.31. The molecular formula is C15H19N5. The highest BCUT2D eigenvalue weighted by molar-refractivity contribution is 5.92. The van der Waals surface area contributed by atoms with Crippen molar-refractivity contribution in [2.45, 2.75) is 26.3 Å². The number of hydrogen-bond donors (Lipinski definition) is 2. The molecule has 0 saturated heterocycles. The van der Waals surface area contributed by atoms with E-state index >= 15 is 0 Å². The molecule has 5 nitrogen and oxygen atoms in total. The highest BCUT2D eigenvalue weighted by Crippen LogP contribution is 2.25. The molecule has 2 aromatic rings. The maximum absolute atomic E-state index is 9.22. The third-order valence-corrected chi connectivity index (χ3v) is 3.16. The van der Waals surface area contributed by atoms with Crippen molar-refractivity contribution in [3.05, 3.63) is 30.0 Å². The number of rotatable bonds is 5. The highest BCUT2D eigenvalue weighted by Gasteiger charge is 2.15. The van der Waals surface area contributed by atoms with Crippen LogP contribution in [-0.4, -0.2) is 22.8 Å². The van der Waals surface area contributed by atoms with E-state index in [1.807, 2.05) is 24.3 Å². The maximum Gasteiger partial charge on any atom is 0.186 e. The zero-order valence-corrected chi connectivity index (χ0v) is 11.8. The summed E-state index contributed by atoms with van der Waals surface area (Å²) in [5.74, 6) is 0.530. The highest BCUT2D eigenvalue weighted by atomic mass is 15.1. The summed E-state index contributed by atoms with van der Waals surface area (Å²) in [6.07, 6.45) is 0.942. The largest absolute Gasteiger partial charge is 0.378 e. The fraction of sp³-hybridized carbons (Fsp3) is 0.400. The molecule has 0 fully saturated rings. The Labute approximate surface area is 118 Å². The minimum Gasteiger partial charge on any atom is -0.378 e. The lowest BCUT2D eigenvalue weighted by molar-refractivity contribution is 0.522. The van der Waals surface area contributed by atoms with Crippen LogP contribution in [0.4, 0.5) is 5.69 Å². The van der Waals surface area contributed by atoms with E-state index in [1.54, 1.807) is 0 Å². The molecule has 5 heteroatoms. The molecule has 0 amide bonds. The van der Waals surface area contributed by atoms with Crippen molar-refractivity contribution in [1.82, 2.24) is 10.2 Å². The second-order valence-electron chi connectivity index (χ2n) is 5.26. The Hall–Kier alpha value is -2.19. The molecule has 0 aliphatic rings. The minimum atomic E-state index is 0.120. The van der Waals surface area contributed by atoms with Gasteiger partial charge in [-0.3, -0.25) is 0 Å². The molecule has 0 radical (unpaired) electrons. The van der Waals surface area contributed by atoms with Gasteiger partial charge in [-0.2, -0.15) is 5.26 Å². The van der Waals surface area contributed by atoms with E-state index in [2.05, 4.69) is 35.4 Å². The van der Waals surface area contributed by atoms with E-state index in [1.165, 1.54) is 0 Å². The number of anilines is 1. The van der Waals surface area contributed by atoms with Crippen LogP contribution in [0.25, 0.3) is 10.9 Å². The van der Waals surface area contributed by atoms with Crippen LogP contribution in [0.2, 0.25) is 0 Å². The molecule has 1 atom stereocenters. The molecule has 3 N–H and O–H groups in total. The van der Waals surface area contributed by atoms with Crippen LogP contribution in [0.15, 0.2) is 24.3 Å². The van der Waals surface area contributed by atoms with Gasteiger partial charge in [-0.25, -0.2) is 0 Å². The first-order valence-corrected chi connectivity index (χ1v) is 6.77. The summed E-state index contributed by atoms with van der Waals surface area (Å²) >= 11 is 0. The van der Waals surface area contributed by atoms with Gasteiger partial charge in [-0.05, 0) is 18.4 Å². The van der Waals surface area contributed by atoms with Gasteiger partial charge in [0.25, 0.3) is 0 Å². The lowest BCUT2D eigenvalue weighted by Gasteiger charge is -2.21. The lowest BCUT2D eigenvalue weighted by Crippen LogP contribution is -2.30. The quantitative estimate of drug-likeness (QED) is 0.869. The average Bonchev–Trinajstić information content (AvgIpc) is 2.46. The van der Waals surface area contributed by atoms with E-state index in [-0.39, 0.29) is 6.04 Å². The summed E-state index contributed by atoms with van der Waals surface area (Å²) in [5, 5.41) is 21.5. The van der Waals surface area contributed by atoms with E-state index in [0.29, 0.717) is 18.2 Å². The number of benzene rings is 1. The van der Waals surface area contributed by atoms with Crippen LogP contribution in [0, 0.1) is 17.2 Å². The molecule has 2 rings (SSSR count). The van der Waals surface area contributed by atoms with Gasteiger partial charge < -0.3 is 11.1 Å². The van der Waals surface area contributed by atoms with E-state index in [9.17, 15) is 5.26 Å². The smallest absolute Gasteiger partial charge is 0.186 e. The fourth-order valence-electron chi connectivity index (χ4n) is 2.27. The Morgan fingerprint density at radius 1 is 1.30 bits per heavy atom. The number of nitrogens with one attached hydrogen (secondary N) is 1. The number of nitriles is 1. The van der Waals surface area contributed by atoms with E-state index < -0.39 is 0 Å². The van der Waals surface area contributed by atoms with Crippen molar-refractivity contribution in [2.24, 2.45) is 11.7 Å². The second-order valence-corrected chi connectivity index (χ2v) is 5.26. The third kappa shape index (κ3) is 3.03. The fourth-order valence-corrected chi connectivity index (χ4v) is 2.27. The zero-order valence-electron chi connectivity index (χ0n) is 11.8. The first-order valence-electron chi connectivity index (χ1n) is 6.77. The number of fused-ring (bicyclic) bond motifs is 1. The van der Waals surface area contributed by atoms with Crippen LogP contribution < -0.4 is 11.1 Å². The molecule has 1 heterocycles. The molecule has 104 valence electrons. The molecule has 0 aliphatic heterocycles. The van der Waals surface area contributed by atoms with Crippen LogP contribution in [0.3, 0.4) is 0 Å². The van der Waals surface area contributed by atoms with Crippen molar-refractivity contribution in [1.29, 1.82) is 5.26 Å². The zero-order chi connectivity index (χ0) is 14.5. The number of nitrogens with two attached hydrogens (primary N) is 1.